The molecule has 106 valence electrons. The Morgan fingerprint density at radius 1 is 1.35 bits per heavy atom. The van der Waals surface area contributed by atoms with Gasteiger partial charge in [0.2, 0.25) is 0 Å². The molecule has 0 unspecified atom stereocenters. The van der Waals surface area contributed by atoms with Crippen LogP contribution in [-0.4, -0.2) is 24.4 Å². The van der Waals surface area contributed by atoms with Gasteiger partial charge < -0.3 is 10.6 Å². The number of nitrogens with zero attached hydrogens (tertiary/aromatic N) is 1. The largest absolute Gasteiger partial charge is 0.396 e. The van der Waals surface area contributed by atoms with Crippen molar-refractivity contribution >= 4 is 22.9 Å². The lowest BCUT2D eigenvalue weighted by Gasteiger charge is -2.17. The maximum absolute atomic E-state index is 13.6. The molecule has 2 rings (SSSR count). The Labute approximate surface area is 119 Å². The molecule has 0 saturated heterocycles. The van der Waals surface area contributed by atoms with E-state index in [1.165, 1.54) is 4.90 Å². The van der Waals surface area contributed by atoms with E-state index in [-0.39, 0.29) is 11.3 Å². The number of likely N-dealkylation sites (N-methyl/N-ethyl adjacent to an activating group) is 1. The Balaban J connectivity index is 2.08. The van der Waals surface area contributed by atoms with Crippen molar-refractivity contribution in [1.29, 1.82) is 0 Å². The molecular weight excluding hydrogens is 282 g/mol. The second kappa shape index (κ2) is 6.00. The first-order chi connectivity index (χ1) is 9.49. The van der Waals surface area contributed by atoms with Crippen LogP contribution in [-0.2, 0) is 6.42 Å². The molecule has 1 aromatic heterocycles. The lowest BCUT2D eigenvalue weighted by Crippen LogP contribution is -2.29. The minimum absolute atomic E-state index is 0.211. The van der Waals surface area contributed by atoms with Gasteiger partial charge >= 0.3 is 0 Å². The van der Waals surface area contributed by atoms with Gasteiger partial charge in [-0.1, -0.05) is 6.07 Å². The van der Waals surface area contributed by atoms with E-state index in [4.69, 9.17) is 5.73 Å². The van der Waals surface area contributed by atoms with Crippen molar-refractivity contribution < 1.29 is 13.6 Å². The molecule has 0 aliphatic rings. The summed E-state index contributed by atoms with van der Waals surface area (Å²) in [7, 11) is 1.58. The first-order valence-corrected chi connectivity index (χ1v) is 6.89. The highest BCUT2D eigenvalue weighted by molar-refractivity contribution is 7.09. The zero-order valence-electron chi connectivity index (χ0n) is 10.9. The summed E-state index contributed by atoms with van der Waals surface area (Å²) in [4.78, 5) is 14.6. The average molecular weight is 296 g/mol. The first-order valence-electron chi connectivity index (χ1n) is 6.01. The number of thiophene rings is 1. The van der Waals surface area contributed by atoms with Crippen molar-refractivity contribution in [3.63, 3.8) is 0 Å². The fraction of sp³-hybridized carbons (Fsp3) is 0.214. The topological polar surface area (TPSA) is 46.3 Å². The van der Waals surface area contributed by atoms with Crippen molar-refractivity contribution in [2.45, 2.75) is 6.42 Å². The van der Waals surface area contributed by atoms with Gasteiger partial charge in [-0.25, -0.2) is 8.78 Å². The van der Waals surface area contributed by atoms with Crippen LogP contribution < -0.4 is 5.73 Å². The highest BCUT2D eigenvalue weighted by Gasteiger charge is 2.18. The standard InChI is InChI=1S/C14H14F2N2OS/c1-18(5-4-9-3-2-6-20-9)14(19)10-7-13(17)12(16)8-11(10)15/h2-3,6-8H,4-5,17H2,1H3. The molecule has 0 spiro atoms. The van der Waals surface area contributed by atoms with Crippen LogP contribution in [0.3, 0.4) is 0 Å². The molecule has 6 heteroatoms. The van der Waals surface area contributed by atoms with Crippen molar-refractivity contribution in [3.05, 3.63) is 51.7 Å². The lowest BCUT2D eigenvalue weighted by molar-refractivity contribution is 0.0792. The Hall–Kier alpha value is -1.95. The molecule has 20 heavy (non-hydrogen) atoms. The van der Waals surface area contributed by atoms with Crippen LogP contribution in [0.5, 0.6) is 0 Å². The summed E-state index contributed by atoms with van der Waals surface area (Å²) >= 11 is 1.60. The molecule has 2 N–H and O–H groups in total. The molecule has 1 aromatic carbocycles. The number of hydrogen-bond donors (Lipinski definition) is 1. The van der Waals surface area contributed by atoms with Gasteiger partial charge in [-0.05, 0) is 23.9 Å². The predicted molar refractivity (Wildman–Crippen MR) is 75.8 cm³/mol. The number of halogens is 2. The minimum Gasteiger partial charge on any atom is -0.396 e. The molecule has 0 fully saturated rings. The third-order valence-corrected chi connectivity index (χ3v) is 3.87. The van der Waals surface area contributed by atoms with Crippen LogP contribution in [0.25, 0.3) is 0 Å². The summed E-state index contributed by atoms with van der Waals surface area (Å²) in [5.74, 6) is -2.27. The third kappa shape index (κ3) is 3.14. The number of nitrogen functional groups attached to an aromatic ring is 1. The van der Waals surface area contributed by atoms with Crippen molar-refractivity contribution in [3.8, 4) is 0 Å². The van der Waals surface area contributed by atoms with Gasteiger partial charge in [0.05, 0.1) is 11.3 Å². The number of amides is 1. The summed E-state index contributed by atoms with van der Waals surface area (Å²) in [5, 5.41) is 1.96. The normalized spacial score (nSPS) is 10.6. The summed E-state index contributed by atoms with van der Waals surface area (Å²) in [6.07, 6.45) is 0.693. The summed E-state index contributed by atoms with van der Waals surface area (Å²) < 4.78 is 26.7. The fourth-order valence-corrected chi connectivity index (χ4v) is 2.47. The molecule has 2 aromatic rings. The molecule has 0 atom stereocenters. The highest BCUT2D eigenvalue weighted by Crippen LogP contribution is 2.18. The number of rotatable bonds is 4. The van der Waals surface area contributed by atoms with E-state index in [1.807, 2.05) is 17.5 Å². The van der Waals surface area contributed by atoms with Crippen molar-refractivity contribution in [2.24, 2.45) is 0 Å². The van der Waals surface area contributed by atoms with Gasteiger partial charge in [-0.2, -0.15) is 0 Å². The van der Waals surface area contributed by atoms with Gasteiger partial charge in [0.1, 0.15) is 11.6 Å². The molecule has 0 saturated carbocycles. The van der Waals surface area contributed by atoms with Gasteiger partial charge in [0.15, 0.2) is 0 Å². The molecular formula is C14H14F2N2OS. The fourth-order valence-electron chi connectivity index (χ4n) is 1.77. The third-order valence-electron chi connectivity index (χ3n) is 2.94. The molecule has 0 bridgehead atoms. The van der Waals surface area contributed by atoms with Crippen LogP contribution in [0.1, 0.15) is 15.2 Å². The quantitative estimate of drug-likeness (QED) is 0.882. The second-order valence-electron chi connectivity index (χ2n) is 4.41. The van der Waals surface area contributed by atoms with Gasteiger partial charge in [0.25, 0.3) is 5.91 Å². The average Bonchev–Trinajstić information content (AvgIpc) is 2.92. The highest BCUT2D eigenvalue weighted by atomic mass is 32.1. The second-order valence-corrected chi connectivity index (χ2v) is 5.44. The Kier molecular flexibility index (Phi) is 4.34. The molecule has 0 radical (unpaired) electrons. The van der Waals surface area contributed by atoms with E-state index in [2.05, 4.69) is 0 Å². The van der Waals surface area contributed by atoms with Gasteiger partial charge in [0, 0.05) is 24.5 Å². The van der Waals surface area contributed by atoms with E-state index in [1.54, 1.807) is 18.4 Å². The summed E-state index contributed by atoms with van der Waals surface area (Å²) in [6, 6.07) is 5.58. The van der Waals surface area contributed by atoms with Crippen molar-refractivity contribution in [1.82, 2.24) is 4.90 Å². The van der Waals surface area contributed by atoms with Crippen LogP contribution >= 0.6 is 11.3 Å². The number of hydrogen-bond acceptors (Lipinski definition) is 3. The lowest BCUT2D eigenvalue weighted by atomic mass is 10.1. The van der Waals surface area contributed by atoms with E-state index in [9.17, 15) is 13.6 Å². The van der Waals surface area contributed by atoms with E-state index in [0.717, 1.165) is 10.9 Å². The van der Waals surface area contributed by atoms with Crippen LogP contribution in [0, 0.1) is 11.6 Å². The maximum Gasteiger partial charge on any atom is 0.256 e. The Bertz CT molecular complexity index is 614. The molecule has 3 nitrogen and oxygen atoms in total. The Morgan fingerprint density at radius 3 is 2.75 bits per heavy atom. The van der Waals surface area contributed by atoms with Crippen molar-refractivity contribution in [2.75, 3.05) is 19.3 Å². The smallest absolute Gasteiger partial charge is 0.256 e. The van der Waals surface area contributed by atoms with Gasteiger partial charge in [-0.15, -0.1) is 11.3 Å². The zero-order chi connectivity index (χ0) is 14.7. The first kappa shape index (κ1) is 14.5. The van der Waals surface area contributed by atoms with Crippen LogP contribution in [0.4, 0.5) is 14.5 Å². The number of anilines is 1. The number of benzene rings is 1. The van der Waals surface area contributed by atoms with E-state index < -0.39 is 17.5 Å². The zero-order valence-corrected chi connectivity index (χ0v) is 11.7. The van der Waals surface area contributed by atoms with Crippen LogP contribution in [0.15, 0.2) is 29.6 Å². The van der Waals surface area contributed by atoms with E-state index in [0.29, 0.717) is 19.0 Å². The summed E-state index contributed by atoms with van der Waals surface area (Å²) in [5.41, 5.74) is 4.92. The van der Waals surface area contributed by atoms with Crippen LogP contribution in [0.2, 0.25) is 0 Å². The minimum atomic E-state index is -0.898. The SMILES string of the molecule is CN(CCc1cccs1)C(=O)c1cc(N)c(F)cc1F. The summed E-state index contributed by atoms with van der Waals surface area (Å²) in [6.45, 7) is 0.454. The molecule has 0 aliphatic carbocycles. The number of nitrogens with two attached hydrogens (primary N) is 1. The predicted octanol–water partition coefficient (Wildman–Crippen LogP) is 2.92. The number of carbonyl (C=O) groups is 1. The maximum atomic E-state index is 13.6. The number of carbonyl (C=O) groups excluding carboxylic acids is 1. The molecule has 1 heterocycles. The monoisotopic (exact) mass is 296 g/mol. The van der Waals surface area contributed by atoms with Gasteiger partial charge in [-0.3, -0.25) is 4.79 Å². The molecule has 1 amide bonds. The van der Waals surface area contributed by atoms with E-state index >= 15 is 0 Å². The Morgan fingerprint density at radius 2 is 2.10 bits per heavy atom. The molecule has 0 aliphatic heterocycles.